The fraction of sp³-hybridized carbons (Fsp3) is 0.133. The molecule has 6 nitrogen and oxygen atoms in total. The Morgan fingerprint density at radius 3 is 2.82 bits per heavy atom. The van der Waals surface area contributed by atoms with Crippen molar-refractivity contribution >= 4 is 28.9 Å². The van der Waals surface area contributed by atoms with Crippen LogP contribution < -0.4 is 10.1 Å². The van der Waals surface area contributed by atoms with Gasteiger partial charge in [-0.1, -0.05) is 29.8 Å². The lowest BCUT2D eigenvalue weighted by atomic mass is 10.1. The first kappa shape index (κ1) is 14.3. The van der Waals surface area contributed by atoms with Crippen LogP contribution in [0.25, 0.3) is 0 Å². The molecule has 2 aromatic rings. The summed E-state index contributed by atoms with van der Waals surface area (Å²) in [5.41, 5.74) is 1.01. The number of rotatable bonds is 3. The molecule has 0 fully saturated rings. The summed E-state index contributed by atoms with van der Waals surface area (Å²) in [6.45, 7) is 0. The van der Waals surface area contributed by atoms with Crippen molar-refractivity contribution in [3.63, 3.8) is 0 Å². The monoisotopic (exact) mass is 318 g/mol. The lowest BCUT2D eigenvalue weighted by Crippen LogP contribution is -2.31. The van der Waals surface area contributed by atoms with Crippen molar-refractivity contribution in [3.8, 4) is 5.75 Å². The standard InChI is InChI=1S/C15H11ClN2O4/c16-11-6-5-10(8-12(11)18(20)21)17-15(19)14-7-9-3-1-2-4-13(9)22-14/h1-6,8,14H,7H2,(H,17,19). The van der Waals surface area contributed by atoms with E-state index in [0.29, 0.717) is 17.9 Å². The molecule has 0 saturated carbocycles. The topological polar surface area (TPSA) is 81.5 Å². The van der Waals surface area contributed by atoms with Gasteiger partial charge in [-0.2, -0.15) is 0 Å². The number of carbonyl (C=O) groups is 1. The van der Waals surface area contributed by atoms with E-state index in [4.69, 9.17) is 16.3 Å². The van der Waals surface area contributed by atoms with E-state index in [2.05, 4.69) is 5.32 Å². The summed E-state index contributed by atoms with van der Waals surface area (Å²) in [7, 11) is 0. The number of fused-ring (bicyclic) bond motifs is 1. The summed E-state index contributed by atoms with van der Waals surface area (Å²) >= 11 is 5.74. The lowest BCUT2D eigenvalue weighted by Gasteiger charge is -2.11. The fourth-order valence-corrected chi connectivity index (χ4v) is 2.47. The molecular weight excluding hydrogens is 308 g/mol. The summed E-state index contributed by atoms with van der Waals surface area (Å²) in [6, 6.07) is 11.5. The molecule has 3 rings (SSSR count). The van der Waals surface area contributed by atoms with Gasteiger partial charge in [-0.05, 0) is 23.8 Å². The van der Waals surface area contributed by atoms with Gasteiger partial charge >= 0.3 is 0 Å². The number of anilines is 1. The third kappa shape index (κ3) is 2.73. The number of nitro benzene ring substituents is 1. The van der Waals surface area contributed by atoms with Gasteiger partial charge in [-0.25, -0.2) is 0 Å². The Bertz CT molecular complexity index is 738. The van der Waals surface area contributed by atoms with Crippen molar-refractivity contribution in [3.05, 3.63) is 63.2 Å². The Morgan fingerprint density at radius 1 is 1.32 bits per heavy atom. The molecule has 1 unspecified atom stereocenters. The van der Waals surface area contributed by atoms with Gasteiger partial charge in [0.25, 0.3) is 11.6 Å². The maximum absolute atomic E-state index is 12.2. The molecule has 1 aliphatic rings. The number of halogens is 1. The van der Waals surface area contributed by atoms with Gasteiger partial charge < -0.3 is 10.1 Å². The average Bonchev–Trinajstić information content (AvgIpc) is 2.93. The van der Waals surface area contributed by atoms with Crippen LogP contribution in [0, 0.1) is 10.1 Å². The maximum Gasteiger partial charge on any atom is 0.289 e. The van der Waals surface area contributed by atoms with Gasteiger partial charge in [0.1, 0.15) is 10.8 Å². The van der Waals surface area contributed by atoms with E-state index in [1.807, 2.05) is 18.2 Å². The summed E-state index contributed by atoms with van der Waals surface area (Å²) in [6.07, 6.45) is -0.176. The van der Waals surface area contributed by atoms with Gasteiger partial charge in [0.15, 0.2) is 6.10 Å². The van der Waals surface area contributed by atoms with E-state index in [9.17, 15) is 14.9 Å². The van der Waals surface area contributed by atoms with Gasteiger partial charge in [0.2, 0.25) is 0 Å². The Morgan fingerprint density at radius 2 is 2.09 bits per heavy atom. The summed E-state index contributed by atoms with van der Waals surface area (Å²) in [4.78, 5) is 22.5. The van der Waals surface area contributed by atoms with Crippen LogP contribution in [-0.2, 0) is 11.2 Å². The Kier molecular flexibility index (Phi) is 3.68. The van der Waals surface area contributed by atoms with Crippen molar-refractivity contribution in [1.82, 2.24) is 0 Å². The van der Waals surface area contributed by atoms with Crippen LogP contribution >= 0.6 is 11.6 Å². The second kappa shape index (κ2) is 5.65. The fourth-order valence-electron chi connectivity index (χ4n) is 2.28. The van der Waals surface area contributed by atoms with Crippen molar-refractivity contribution in [2.24, 2.45) is 0 Å². The molecule has 1 atom stereocenters. The molecule has 0 radical (unpaired) electrons. The van der Waals surface area contributed by atoms with E-state index in [-0.39, 0.29) is 16.6 Å². The second-order valence-electron chi connectivity index (χ2n) is 4.83. The van der Waals surface area contributed by atoms with Crippen molar-refractivity contribution in [2.45, 2.75) is 12.5 Å². The second-order valence-corrected chi connectivity index (χ2v) is 5.24. The minimum Gasteiger partial charge on any atom is -0.480 e. The van der Waals surface area contributed by atoms with Crippen LogP contribution in [0.2, 0.25) is 5.02 Å². The third-order valence-corrected chi connectivity index (χ3v) is 3.67. The molecule has 1 N–H and O–H groups in total. The average molecular weight is 319 g/mol. The number of hydrogen-bond acceptors (Lipinski definition) is 4. The molecule has 0 aromatic heterocycles. The van der Waals surface area contributed by atoms with Crippen molar-refractivity contribution < 1.29 is 14.5 Å². The molecule has 0 spiro atoms. The minimum absolute atomic E-state index is 0.0209. The van der Waals surface area contributed by atoms with Crippen LogP contribution in [0.3, 0.4) is 0 Å². The number of carbonyl (C=O) groups excluding carboxylic acids is 1. The maximum atomic E-state index is 12.2. The van der Waals surface area contributed by atoms with E-state index < -0.39 is 11.0 Å². The zero-order chi connectivity index (χ0) is 15.7. The van der Waals surface area contributed by atoms with Crippen molar-refractivity contribution in [1.29, 1.82) is 0 Å². The third-order valence-electron chi connectivity index (χ3n) is 3.35. The molecule has 1 heterocycles. The number of benzene rings is 2. The number of hydrogen-bond donors (Lipinski definition) is 1. The Balaban J connectivity index is 1.73. The predicted octanol–water partition coefficient (Wildman–Crippen LogP) is 3.19. The molecule has 22 heavy (non-hydrogen) atoms. The van der Waals surface area contributed by atoms with Crippen LogP contribution in [0.15, 0.2) is 42.5 Å². The minimum atomic E-state index is -0.646. The molecule has 0 aliphatic carbocycles. The van der Waals surface area contributed by atoms with E-state index in [1.54, 1.807) is 6.07 Å². The molecular formula is C15H11ClN2O4. The van der Waals surface area contributed by atoms with Crippen LogP contribution in [0.5, 0.6) is 5.75 Å². The molecule has 2 aromatic carbocycles. The first-order valence-corrected chi connectivity index (χ1v) is 6.92. The largest absolute Gasteiger partial charge is 0.480 e. The summed E-state index contributed by atoms with van der Waals surface area (Å²) in [5.74, 6) is 0.331. The molecule has 1 aliphatic heterocycles. The van der Waals surface area contributed by atoms with Crippen LogP contribution in [0.1, 0.15) is 5.56 Å². The first-order valence-electron chi connectivity index (χ1n) is 6.54. The Labute approximate surface area is 130 Å². The highest BCUT2D eigenvalue weighted by Crippen LogP contribution is 2.30. The van der Waals surface area contributed by atoms with Crippen LogP contribution in [0.4, 0.5) is 11.4 Å². The SMILES string of the molecule is O=C(Nc1ccc(Cl)c([N+](=O)[O-])c1)C1Cc2ccccc2O1. The number of amides is 1. The number of ether oxygens (including phenoxy) is 1. The highest BCUT2D eigenvalue weighted by Gasteiger charge is 2.29. The van der Waals surface area contributed by atoms with Gasteiger partial charge in [0, 0.05) is 18.2 Å². The molecule has 1 amide bonds. The highest BCUT2D eigenvalue weighted by atomic mass is 35.5. The zero-order valence-corrected chi connectivity index (χ0v) is 12.0. The zero-order valence-electron chi connectivity index (χ0n) is 11.3. The lowest BCUT2D eigenvalue weighted by molar-refractivity contribution is -0.384. The number of nitrogens with one attached hydrogen (secondary N) is 1. The number of para-hydroxylation sites is 1. The molecule has 7 heteroatoms. The van der Waals surface area contributed by atoms with Gasteiger partial charge in [0.05, 0.1) is 4.92 Å². The Hall–Kier alpha value is -2.60. The predicted molar refractivity (Wildman–Crippen MR) is 81.3 cm³/mol. The quantitative estimate of drug-likeness (QED) is 0.696. The van der Waals surface area contributed by atoms with Crippen LogP contribution in [-0.4, -0.2) is 16.9 Å². The van der Waals surface area contributed by atoms with Gasteiger partial charge in [-0.3, -0.25) is 14.9 Å². The summed E-state index contributed by atoms with van der Waals surface area (Å²) < 4.78 is 5.57. The van der Waals surface area contributed by atoms with Crippen molar-refractivity contribution in [2.75, 3.05) is 5.32 Å². The summed E-state index contributed by atoms with van der Waals surface area (Å²) in [5, 5.41) is 13.5. The molecule has 0 saturated heterocycles. The van der Waals surface area contributed by atoms with E-state index in [1.165, 1.54) is 18.2 Å². The number of nitro groups is 1. The molecule has 0 bridgehead atoms. The highest BCUT2D eigenvalue weighted by molar-refractivity contribution is 6.32. The van der Waals surface area contributed by atoms with E-state index in [0.717, 1.165) is 5.56 Å². The number of nitrogens with zero attached hydrogens (tertiary/aromatic N) is 1. The van der Waals surface area contributed by atoms with Gasteiger partial charge in [-0.15, -0.1) is 0 Å². The smallest absolute Gasteiger partial charge is 0.289 e. The molecule has 112 valence electrons. The van der Waals surface area contributed by atoms with E-state index >= 15 is 0 Å². The first-order chi connectivity index (χ1) is 10.5. The normalized spacial score (nSPS) is 15.8.